The number of sulfonamides is 1. The fourth-order valence-corrected chi connectivity index (χ4v) is 2.98. The third kappa shape index (κ3) is 3.04. The van der Waals surface area contributed by atoms with E-state index < -0.39 is 10.0 Å². The van der Waals surface area contributed by atoms with Crippen LogP contribution >= 0.6 is 0 Å². The summed E-state index contributed by atoms with van der Waals surface area (Å²) in [5.74, 6) is 0. The van der Waals surface area contributed by atoms with Gasteiger partial charge in [0, 0.05) is 26.2 Å². The van der Waals surface area contributed by atoms with Gasteiger partial charge in [0.15, 0.2) is 0 Å². The fraction of sp³-hybridized carbons (Fsp3) is 0.364. The summed E-state index contributed by atoms with van der Waals surface area (Å²) < 4.78 is 23.4. The van der Waals surface area contributed by atoms with Crippen LogP contribution in [0.25, 0.3) is 0 Å². The first-order valence-electron chi connectivity index (χ1n) is 5.50. The van der Waals surface area contributed by atoms with Crippen LogP contribution in [0.5, 0.6) is 0 Å². The van der Waals surface area contributed by atoms with Crippen LogP contribution in [0.4, 0.5) is 0 Å². The normalized spacial score (nSPS) is 18.5. The van der Waals surface area contributed by atoms with Crippen molar-refractivity contribution in [1.82, 2.24) is 10.2 Å². The molecule has 1 aliphatic rings. The highest BCUT2D eigenvalue weighted by atomic mass is 32.2. The second kappa shape index (κ2) is 5.14. The molecule has 0 unspecified atom stereocenters. The first-order chi connectivity index (χ1) is 8.09. The number of piperazine rings is 1. The van der Waals surface area contributed by atoms with Gasteiger partial charge in [0.05, 0.1) is 0 Å². The molecule has 1 aromatic rings. The third-order valence-corrected chi connectivity index (χ3v) is 3.73. The summed E-state index contributed by atoms with van der Waals surface area (Å²) in [6.07, 6.45) is 0. The fourth-order valence-electron chi connectivity index (χ4n) is 1.98. The van der Waals surface area contributed by atoms with Crippen LogP contribution in [0, 0.1) is 5.37 Å². The number of nitrogens with zero attached hydrogens (tertiary/aromatic N) is 1. The Hall–Kier alpha value is -0.950. The number of nitrogens with one attached hydrogen (secondary N) is 1. The van der Waals surface area contributed by atoms with E-state index in [1.165, 1.54) is 0 Å². The molecule has 0 bridgehead atoms. The minimum absolute atomic E-state index is 0.222. The van der Waals surface area contributed by atoms with Gasteiger partial charge in [-0.15, -0.1) is 0 Å². The molecular weight excluding hydrogens is 238 g/mol. The molecule has 2 rings (SSSR count). The van der Waals surface area contributed by atoms with Crippen molar-refractivity contribution < 1.29 is 8.42 Å². The number of benzene rings is 1. The van der Waals surface area contributed by atoms with Gasteiger partial charge in [0.2, 0.25) is 15.4 Å². The average Bonchev–Trinajstić information content (AvgIpc) is 2.30. The molecule has 0 aromatic heterocycles. The van der Waals surface area contributed by atoms with Crippen LogP contribution in [0.15, 0.2) is 30.3 Å². The van der Waals surface area contributed by atoms with Crippen molar-refractivity contribution >= 4 is 10.0 Å². The van der Waals surface area contributed by atoms with Crippen LogP contribution in [0.1, 0.15) is 5.56 Å². The lowest BCUT2D eigenvalue weighted by molar-refractivity contribution is 0.284. The molecule has 1 saturated heterocycles. The first kappa shape index (κ1) is 12.5. The van der Waals surface area contributed by atoms with Crippen molar-refractivity contribution in [2.75, 3.05) is 26.2 Å². The lowest BCUT2D eigenvalue weighted by atomic mass is 10.2. The number of primary sulfonamides is 1. The third-order valence-electron chi connectivity index (χ3n) is 2.69. The predicted octanol–water partition coefficient (Wildman–Crippen LogP) is -0.282. The number of rotatable bonds is 3. The minimum atomic E-state index is -3.70. The topological polar surface area (TPSA) is 75.4 Å². The van der Waals surface area contributed by atoms with Gasteiger partial charge in [-0.2, -0.15) is 0 Å². The first-order valence-corrected chi connectivity index (χ1v) is 7.04. The SMILES string of the molecule is NS(=O)(=O)[C](c1ccccc1)N1CCNCC1. The van der Waals surface area contributed by atoms with E-state index in [1.54, 1.807) is 12.1 Å². The smallest absolute Gasteiger partial charge is 0.236 e. The van der Waals surface area contributed by atoms with Gasteiger partial charge in [-0.3, -0.25) is 4.90 Å². The summed E-state index contributed by atoms with van der Waals surface area (Å²) >= 11 is 0. The number of hydrogen-bond donors (Lipinski definition) is 2. The summed E-state index contributed by atoms with van der Waals surface area (Å²) in [7, 11) is -3.70. The van der Waals surface area contributed by atoms with Crippen molar-refractivity contribution in [1.29, 1.82) is 0 Å². The Morgan fingerprint density at radius 1 is 1.18 bits per heavy atom. The molecule has 5 nitrogen and oxygen atoms in total. The van der Waals surface area contributed by atoms with Gasteiger partial charge >= 0.3 is 0 Å². The Kier molecular flexibility index (Phi) is 3.78. The Labute approximate surface area is 102 Å². The van der Waals surface area contributed by atoms with Crippen LogP contribution < -0.4 is 10.5 Å². The summed E-state index contributed by atoms with van der Waals surface area (Å²) in [5.41, 5.74) is 0.650. The van der Waals surface area contributed by atoms with Crippen molar-refractivity contribution in [2.45, 2.75) is 0 Å². The molecule has 17 heavy (non-hydrogen) atoms. The van der Waals surface area contributed by atoms with Gasteiger partial charge in [0.25, 0.3) is 0 Å². The van der Waals surface area contributed by atoms with E-state index in [0.29, 0.717) is 18.7 Å². The highest BCUT2D eigenvalue weighted by Crippen LogP contribution is 2.23. The summed E-state index contributed by atoms with van der Waals surface area (Å²) in [6.45, 7) is 2.85. The van der Waals surface area contributed by atoms with Crippen LogP contribution in [0.2, 0.25) is 0 Å². The van der Waals surface area contributed by atoms with Gasteiger partial charge in [0.1, 0.15) is 0 Å². The molecule has 93 valence electrons. The van der Waals surface area contributed by atoms with Crippen LogP contribution in [0.3, 0.4) is 0 Å². The van der Waals surface area contributed by atoms with E-state index in [0.717, 1.165) is 13.1 Å². The summed E-state index contributed by atoms with van der Waals surface area (Å²) in [4.78, 5) is 1.82. The quantitative estimate of drug-likeness (QED) is 0.778. The van der Waals surface area contributed by atoms with Gasteiger partial charge < -0.3 is 5.32 Å². The van der Waals surface area contributed by atoms with Crippen molar-refractivity contribution in [3.05, 3.63) is 41.3 Å². The summed E-state index contributed by atoms with van der Waals surface area (Å²) in [5, 5.41) is 8.72. The van der Waals surface area contributed by atoms with Crippen molar-refractivity contribution in [2.24, 2.45) is 5.14 Å². The average molecular weight is 254 g/mol. The standard InChI is InChI=1S/C11H16N3O2S/c12-17(15,16)11(10-4-2-1-3-5-10)14-8-6-13-7-9-14/h1-5,13H,6-9H2,(H2,12,15,16). The number of hydrogen-bond acceptors (Lipinski definition) is 4. The lowest BCUT2D eigenvalue weighted by Gasteiger charge is -2.32. The molecule has 0 spiro atoms. The van der Waals surface area contributed by atoms with E-state index >= 15 is 0 Å². The zero-order valence-corrected chi connectivity index (χ0v) is 10.3. The molecule has 3 N–H and O–H groups in total. The molecule has 1 aliphatic heterocycles. The molecule has 1 fully saturated rings. The molecular formula is C11H16N3O2S. The van der Waals surface area contributed by atoms with E-state index in [-0.39, 0.29) is 5.37 Å². The predicted molar refractivity (Wildman–Crippen MR) is 66.3 cm³/mol. The van der Waals surface area contributed by atoms with E-state index in [1.807, 2.05) is 23.1 Å². The molecule has 1 aromatic carbocycles. The highest BCUT2D eigenvalue weighted by molar-refractivity contribution is 7.92. The van der Waals surface area contributed by atoms with E-state index in [2.05, 4.69) is 5.32 Å². The second-order valence-electron chi connectivity index (χ2n) is 3.95. The van der Waals surface area contributed by atoms with Crippen molar-refractivity contribution in [3.8, 4) is 0 Å². The molecule has 0 amide bonds. The maximum atomic E-state index is 11.7. The minimum Gasteiger partial charge on any atom is -0.314 e. The summed E-state index contributed by atoms with van der Waals surface area (Å²) in [6, 6.07) is 9.00. The maximum Gasteiger partial charge on any atom is 0.236 e. The monoisotopic (exact) mass is 254 g/mol. The molecule has 0 aliphatic carbocycles. The molecule has 6 heteroatoms. The zero-order valence-electron chi connectivity index (χ0n) is 9.46. The lowest BCUT2D eigenvalue weighted by Crippen LogP contribution is -2.48. The molecule has 1 radical (unpaired) electrons. The molecule has 1 heterocycles. The highest BCUT2D eigenvalue weighted by Gasteiger charge is 2.32. The zero-order chi connectivity index (χ0) is 12.3. The largest absolute Gasteiger partial charge is 0.314 e. The van der Waals surface area contributed by atoms with E-state index in [9.17, 15) is 8.42 Å². The Bertz CT molecular complexity index is 455. The van der Waals surface area contributed by atoms with Gasteiger partial charge in [-0.25, -0.2) is 13.6 Å². The van der Waals surface area contributed by atoms with Gasteiger partial charge in [-0.1, -0.05) is 30.3 Å². The molecule has 0 saturated carbocycles. The number of nitrogens with two attached hydrogens (primary N) is 1. The Morgan fingerprint density at radius 3 is 2.29 bits per heavy atom. The van der Waals surface area contributed by atoms with E-state index in [4.69, 9.17) is 5.14 Å². The van der Waals surface area contributed by atoms with Crippen LogP contribution in [-0.4, -0.2) is 39.5 Å². The second-order valence-corrected chi connectivity index (χ2v) is 5.43. The molecule has 0 atom stereocenters. The van der Waals surface area contributed by atoms with Gasteiger partial charge in [-0.05, 0) is 5.56 Å². The van der Waals surface area contributed by atoms with Crippen molar-refractivity contribution in [3.63, 3.8) is 0 Å². The maximum absolute atomic E-state index is 11.7. The Morgan fingerprint density at radius 2 is 1.76 bits per heavy atom. The van der Waals surface area contributed by atoms with Crippen LogP contribution in [-0.2, 0) is 10.0 Å². The Balaban J connectivity index is 2.32.